The minimum atomic E-state index is -0.258. The topological polar surface area (TPSA) is 37.3 Å². The second-order valence-electron chi connectivity index (χ2n) is 7.88. The van der Waals surface area contributed by atoms with Crippen molar-refractivity contribution in [1.82, 2.24) is 0 Å². The maximum Gasteiger partial charge on any atom is 0.145 e. The summed E-state index contributed by atoms with van der Waals surface area (Å²) in [6, 6.07) is 0. The van der Waals surface area contributed by atoms with Crippen LogP contribution in [0.3, 0.4) is 0 Å². The summed E-state index contributed by atoms with van der Waals surface area (Å²) in [5.41, 5.74) is 5.09. The predicted octanol–water partition coefficient (Wildman–Crippen LogP) is 5.64. The molecule has 0 heterocycles. The fourth-order valence-electron chi connectivity index (χ4n) is 3.13. The standard InChI is InChI=1S/C25H32O2/c1-19(10-7-8-11-21(3)18-26)12-9-13-20(2)14-15-24-22(4)16-23(27)17-25(24,5)6/h7-13,18,23,27H,16-17H2,1-6H3/b8-7+,12-9-,19-10-,20-13+,21-11+/t23-/m1/s1. The number of aliphatic hydroxyl groups is 1. The van der Waals surface area contributed by atoms with Crippen LogP contribution in [0.5, 0.6) is 0 Å². The normalized spacial score (nSPS) is 21.6. The van der Waals surface area contributed by atoms with E-state index < -0.39 is 0 Å². The number of aliphatic hydroxyl groups excluding tert-OH is 1. The second-order valence-corrected chi connectivity index (χ2v) is 7.88. The fourth-order valence-corrected chi connectivity index (χ4v) is 3.13. The van der Waals surface area contributed by atoms with E-state index in [1.165, 1.54) is 5.57 Å². The summed E-state index contributed by atoms with van der Waals surface area (Å²) in [7, 11) is 0. The van der Waals surface area contributed by atoms with Crippen LogP contribution >= 0.6 is 0 Å². The van der Waals surface area contributed by atoms with E-state index in [0.29, 0.717) is 5.57 Å². The van der Waals surface area contributed by atoms with Crippen molar-refractivity contribution in [2.24, 2.45) is 5.41 Å². The number of hydrogen-bond acceptors (Lipinski definition) is 2. The summed E-state index contributed by atoms with van der Waals surface area (Å²) in [5, 5.41) is 9.96. The van der Waals surface area contributed by atoms with Crippen LogP contribution in [-0.4, -0.2) is 17.5 Å². The first-order valence-corrected chi connectivity index (χ1v) is 9.38. The molecule has 2 heteroatoms. The van der Waals surface area contributed by atoms with Gasteiger partial charge in [-0.1, -0.05) is 79.4 Å². The van der Waals surface area contributed by atoms with Crippen molar-refractivity contribution < 1.29 is 9.90 Å². The highest BCUT2D eigenvalue weighted by Crippen LogP contribution is 2.39. The Morgan fingerprint density at radius 1 is 1.07 bits per heavy atom. The minimum absolute atomic E-state index is 0.0762. The molecule has 0 saturated carbocycles. The molecule has 2 nitrogen and oxygen atoms in total. The Labute approximate surface area is 164 Å². The molecule has 1 aliphatic rings. The first-order valence-electron chi connectivity index (χ1n) is 9.38. The zero-order valence-electron chi connectivity index (χ0n) is 17.5. The van der Waals surface area contributed by atoms with Gasteiger partial charge >= 0.3 is 0 Å². The van der Waals surface area contributed by atoms with Gasteiger partial charge in [0, 0.05) is 11.0 Å². The van der Waals surface area contributed by atoms with Gasteiger partial charge in [-0.15, -0.1) is 0 Å². The van der Waals surface area contributed by atoms with Crippen molar-refractivity contribution in [3.05, 3.63) is 70.4 Å². The smallest absolute Gasteiger partial charge is 0.145 e. The Morgan fingerprint density at radius 3 is 2.30 bits per heavy atom. The summed E-state index contributed by atoms with van der Waals surface area (Å²) < 4.78 is 0. The Kier molecular flexibility index (Phi) is 8.98. The lowest BCUT2D eigenvalue weighted by Gasteiger charge is -2.34. The van der Waals surface area contributed by atoms with E-state index in [-0.39, 0.29) is 11.5 Å². The lowest BCUT2D eigenvalue weighted by molar-refractivity contribution is -0.104. The van der Waals surface area contributed by atoms with Crippen LogP contribution in [-0.2, 0) is 4.79 Å². The average Bonchev–Trinajstić information content (AvgIpc) is 2.56. The van der Waals surface area contributed by atoms with Gasteiger partial charge in [0.1, 0.15) is 6.29 Å². The highest BCUT2D eigenvalue weighted by Gasteiger charge is 2.31. The second kappa shape index (κ2) is 10.7. The third kappa shape index (κ3) is 8.24. The van der Waals surface area contributed by atoms with Gasteiger partial charge in [-0.3, -0.25) is 4.79 Å². The zero-order valence-corrected chi connectivity index (χ0v) is 17.5. The number of rotatable bonds is 5. The van der Waals surface area contributed by atoms with Crippen LogP contribution in [0.1, 0.15) is 54.4 Å². The molecule has 0 radical (unpaired) electrons. The summed E-state index contributed by atoms with van der Waals surface area (Å²) in [4.78, 5) is 10.5. The quantitative estimate of drug-likeness (QED) is 0.297. The van der Waals surface area contributed by atoms with Crippen LogP contribution in [0.2, 0.25) is 0 Å². The number of carbonyl (C=O) groups is 1. The van der Waals surface area contributed by atoms with Crippen LogP contribution in [0.15, 0.2) is 70.4 Å². The minimum Gasteiger partial charge on any atom is -0.393 e. The molecule has 0 unspecified atom stereocenters. The third-order valence-corrected chi connectivity index (χ3v) is 4.50. The average molecular weight is 365 g/mol. The molecule has 1 N–H and O–H groups in total. The maximum absolute atomic E-state index is 10.5. The van der Waals surface area contributed by atoms with Gasteiger partial charge in [-0.25, -0.2) is 0 Å². The molecule has 1 atom stereocenters. The van der Waals surface area contributed by atoms with Gasteiger partial charge in [0.25, 0.3) is 0 Å². The highest BCUT2D eigenvalue weighted by atomic mass is 16.3. The molecule has 27 heavy (non-hydrogen) atoms. The molecule has 0 amide bonds. The van der Waals surface area contributed by atoms with Crippen molar-refractivity contribution in [3.63, 3.8) is 0 Å². The molecule has 0 saturated heterocycles. The van der Waals surface area contributed by atoms with E-state index in [0.717, 1.165) is 35.8 Å². The molecule has 0 aromatic heterocycles. The first-order chi connectivity index (χ1) is 12.7. The van der Waals surface area contributed by atoms with Crippen molar-refractivity contribution in [3.8, 4) is 11.8 Å². The Morgan fingerprint density at radius 2 is 1.70 bits per heavy atom. The van der Waals surface area contributed by atoms with Crippen LogP contribution in [0, 0.1) is 17.3 Å². The molecule has 0 spiro atoms. The van der Waals surface area contributed by atoms with E-state index in [1.807, 2.05) is 50.3 Å². The first kappa shape index (κ1) is 22.7. The lowest BCUT2D eigenvalue weighted by Crippen LogP contribution is -2.28. The van der Waals surface area contributed by atoms with Crippen molar-refractivity contribution in [1.29, 1.82) is 0 Å². The SMILES string of the molecule is CC1=C(C#C/C(C)=C/C=C\C(C)=C/C=C/C=C(\C)C=O)C(C)(C)C[C@H](O)C1. The van der Waals surface area contributed by atoms with Crippen molar-refractivity contribution >= 4 is 6.29 Å². The van der Waals surface area contributed by atoms with Crippen LogP contribution < -0.4 is 0 Å². The molecule has 0 aromatic carbocycles. The van der Waals surface area contributed by atoms with Gasteiger partial charge in [0.2, 0.25) is 0 Å². The predicted molar refractivity (Wildman–Crippen MR) is 115 cm³/mol. The molecular formula is C25H32O2. The van der Waals surface area contributed by atoms with E-state index >= 15 is 0 Å². The third-order valence-electron chi connectivity index (χ3n) is 4.50. The summed E-state index contributed by atoms with van der Waals surface area (Å²) in [6.07, 6.45) is 15.6. The molecule has 0 aromatic rings. The Balaban J connectivity index is 2.79. The van der Waals surface area contributed by atoms with Gasteiger partial charge < -0.3 is 5.11 Å². The summed E-state index contributed by atoms with van der Waals surface area (Å²) in [6.45, 7) is 12.2. The Hall–Kier alpha value is -2.37. The van der Waals surface area contributed by atoms with Crippen LogP contribution in [0.4, 0.5) is 0 Å². The van der Waals surface area contributed by atoms with E-state index in [1.54, 1.807) is 13.0 Å². The maximum atomic E-state index is 10.5. The Bertz CT molecular complexity index is 784. The number of carbonyl (C=O) groups excluding carboxylic acids is 1. The number of aldehydes is 1. The van der Waals surface area contributed by atoms with Gasteiger partial charge in [0.15, 0.2) is 0 Å². The zero-order chi connectivity index (χ0) is 20.4. The fraction of sp³-hybridized carbons (Fsp3) is 0.400. The molecule has 0 fully saturated rings. The molecule has 0 aliphatic heterocycles. The molecule has 0 bridgehead atoms. The molecular weight excluding hydrogens is 332 g/mol. The monoisotopic (exact) mass is 364 g/mol. The highest BCUT2D eigenvalue weighted by molar-refractivity contribution is 5.72. The largest absolute Gasteiger partial charge is 0.393 e. The van der Waals surface area contributed by atoms with Gasteiger partial charge in [0.05, 0.1) is 6.10 Å². The van der Waals surface area contributed by atoms with Gasteiger partial charge in [-0.2, -0.15) is 0 Å². The summed E-state index contributed by atoms with van der Waals surface area (Å²) in [5.74, 6) is 6.58. The molecule has 1 rings (SSSR count). The summed E-state index contributed by atoms with van der Waals surface area (Å²) >= 11 is 0. The number of hydrogen-bond donors (Lipinski definition) is 1. The van der Waals surface area contributed by atoms with Crippen molar-refractivity contribution in [2.45, 2.75) is 60.5 Å². The lowest BCUT2D eigenvalue weighted by atomic mass is 9.72. The van der Waals surface area contributed by atoms with E-state index in [4.69, 9.17) is 0 Å². The molecule has 144 valence electrons. The van der Waals surface area contributed by atoms with E-state index in [9.17, 15) is 9.90 Å². The van der Waals surface area contributed by atoms with Crippen molar-refractivity contribution in [2.75, 3.05) is 0 Å². The van der Waals surface area contributed by atoms with Gasteiger partial charge in [-0.05, 0) is 51.7 Å². The molecule has 1 aliphatic carbocycles. The van der Waals surface area contributed by atoms with Crippen LogP contribution in [0.25, 0.3) is 0 Å². The number of allylic oxidation sites excluding steroid dienone is 11. The van der Waals surface area contributed by atoms with E-state index in [2.05, 4.69) is 32.6 Å².